The summed E-state index contributed by atoms with van der Waals surface area (Å²) in [5.41, 5.74) is 1.75. The van der Waals surface area contributed by atoms with E-state index in [0.29, 0.717) is 5.95 Å². The van der Waals surface area contributed by atoms with E-state index in [1.165, 1.54) is 38.5 Å². The van der Waals surface area contributed by atoms with Crippen LogP contribution in [0.2, 0.25) is 0 Å². The van der Waals surface area contributed by atoms with Gasteiger partial charge in [0.2, 0.25) is 11.9 Å². The number of aromatic nitrogens is 4. The Morgan fingerprint density at radius 1 is 0.786 bits per heavy atom. The smallest absolute Gasteiger partial charge is 0.227 e. The first-order valence-electron chi connectivity index (χ1n) is 10.7. The number of nitrogens with one attached hydrogen (secondary N) is 1. The Balaban J connectivity index is 1.92. The van der Waals surface area contributed by atoms with Gasteiger partial charge in [0.05, 0.1) is 0 Å². The highest BCUT2D eigenvalue weighted by atomic mass is 15.3. The molecule has 0 amide bonds. The number of rotatable bonds is 5. The zero-order valence-corrected chi connectivity index (χ0v) is 17.4. The van der Waals surface area contributed by atoms with Gasteiger partial charge in [-0.2, -0.15) is 9.97 Å². The highest BCUT2D eigenvalue weighted by Crippen LogP contribution is 2.33. The first-order valence-corrected chi connectivity index (χ1v) is 10.7. The lowest BCUT2D eigenvalue weighted by atomic mass is 10.1. The van der Waals surface area contributed by atoms with Gasteiger partial charge in [-0.05, 0) is 45.4 Å². The molecule has 8 heteroatoms. The minimum Gasteiger partial charge on any atom is -0.357 e. The molecule has 2 fully saturated rings. The number of fused-ring (bicyclic) bond motifs is 1. The Morgan fingerprint density at radius 3 is 1.86 bits per heavy atom. The molecule has 28 heavy (non-hydrogen) atoms. The minimum atomic E-state index is 0.645. The Morgan fingerprint density at radius 2 is 1.32 bits per heavy atom. The minimum absolute atomic E-state index is 0.645. The van der Waals surface area contributed by atoms with Crippen molar-refractivity contribution in [2.45, 2.75) is 45.4 Å². The Bertz CT molecular complexity index is 811. The van der Waals surface area contributed by atoms with E-state index in [1.807, 2.05) is 14.1 Å². The summed E-state index contributed by atoms with van der Waals surface area (Å²) >= 11 is 0. The second-order valence-electron chi connectivity index (χ2n) is 7.77. The largest absolute Gasteiger partial charge is 0.357 e. The lowest BCUT2D eigenvalue weighted by Gasteiger charge is -2.31. The highest BCUT2D eigenvalue weighted by Gasteiger charge is 2.25. The van der Waals surface area contributed by atoms with E-state index >= 15 is 0 Å². The van der Waals surface area contributed by atoms with Gasteiger partial charge in [-0.1, -0.05) is 0 Å². The molecule has 0 bridgehead atoms. The second kappa shape index (κ2) is 8.32. The van der Waals surface area contributed by atoms with Gasteiger partial charge in [0.1, 0.15) is 11.0 Å². The third-order valence-corrected chi connectivity index (χ3v) is 5.85. The van der Waals surface area contributed by atoms with Crippen LogP contribution in [-0.4, -0.2) is 66.8 Å². The average Bonchev–Trinajstić information content (AvgIpc) is 2.78. The van der Waals surface area contributed by atoms with Crippen molar-refractivity contribution in [1.82, 2.24) is 19.9 Å². The quantitative estimate of drug-likeness (QED) is 0.844. The lowest BCUT2D eigenvalue weighted by Crippen LogP contribution is -2.33. The molecule has 2 saturated heterocycles. The van der Waals surface area contributed by atoms with Crippen LogP contribution >= 0.6 is 0 Å². The lowest BCUT2D eigenvalue weighted by molar-refractivity contribution is 0.572. The molecule has 4 heterocycles. The van der Waals surface area contributed by atoms with Gasteiger partial charge in [-0.15, -0.1) is 0 Å². The molecule has 152 valence electrons. The first kappa shape index (κ1) is 19.0. The van der Waals surface area contributed by atoms with E-state index in [-0.39, 0.29) is 0 Å². The predicted octanol–water partition coefficient (Wildman–Crippen LogP) is 2.90. The Hall–Kier alpha value is -2.38. The maximum atomic E-state index is 4.96. The molecule has 0 aromatic carbocycles. The molecule has 2 aromatic rings. The van der Waals surface area contributed by atoms with Crippen molar-refractivity contribution in [3.8, 4) is 0 Å². The van der Waals surface area contributed by atoms with Crippen LogP contribution in [-0.2, 0) is 0 Å². The van der Waals surface area contributed by atoms with Crippen LogP contribution in [0.15, 0.2) is 0 Å². The normalized spacial score (nSPS) is 17.8. The Labute approximate surface area is 167 Å². The molecule has 2 aliphatic rings. The molecular formula is C20H32N8. The van der Waals surface area contributed by atoms with Crippen molar-refractivity contribution in [1.29, 1.82) is 0 Å². The van der Waals surface area contributed by atoms with E-state index < -0.39 is 0 Å². The summed E-state index contributed by atoms with van der Waals surface area (Å²) in [5, 5.41) is 3.14. The second-order valence-corrected chi connectivity index (χ2v) is 7.77. The molecular weight excluding hydrogens is 352 g/mol. The van der Waals surface area contributed by atoms with Crippen LogP contribution in [0.25, 0.3) is 11.0 Å². The highest BCUT2D eigenvalue weighted by molar-refractivity contribution is 5.95. The number of hydrogen-bond donors (Lipinski definition) is 1. The standard InChI is InChI=1S/C20H32N8/c1-4-26(3)20-23-16-15(18(25-20)28-13-9-6-10-14-28)22-19(21-2)24-17(16)27-11-7-5-8-12-27/h4-14H2,1-3H3,(H,21,22,24). The zero-order valence-electron chi connectivity index (χ0n) is 17.4. The zero-order chi connectivity index (χ0) is 19.5. The van der Waals surface area contributed by atoms with Crippen molar-refractivity contribution < 1.29 is 0 Å². The van der Waals surface area contributed by atoms with Crippen LogP contribution in [0, 0.1) is 0 Å². The van der Waals surface area contributed by atoms with Crippen molar-refractivity contribution >= 4 is 34.6 Å². The van der Waals surface area contributed by atoms with Crippen molar-refractivity contribution in [3.05, 3.63) is 0 Å². The van der Waals surface area contributed by atoms with Gasteiger partial charge in [-0.3, -0.25) is 0 Å². The van der Waals surface area contributed by atoms with E-state index in [4.69, 9.17) is 19.9 Å². The maximum Gasteiger partial charge on any atom is 0.227 e. The molecule has 1 N–H and O–H groups in total. The molecule has 2 aliphatic heterocycles. The molecule has 8 nitrogen and oxygen atoms in total. The van der Waals surface area contributed by atoms with E-state index in [0.717, 1.165) is 61.3 Å². The molecule has 0 radical (unpaired) electrons. The van der Waals surface area contributed by atoms with Crippen LogP contribution in [0.4, 0.5) is 23.5 Å². The number of anilines is 4. The monoisotopic (exact) mass is 384 g/mol. The summed E-state index contributed by atoms with van der Waals surface area (Å²) in [6.45, 7) is 7.09. The molecule has 0 saturated carbocycles. The summed E-state index contributed by atoms with van der Waals surface area (Å²) in [7, 11) is 3.92. The number of nitrogens with zero attached hydrogens (tertiary/aromatic N) is 7. The van der Waals surface area contributed by atoms with E-state index in [1.54, 1.807) is 0 Å². The summed E-state index contributed by atoms with van der Waals surface area (Å²) in [5.74, 6) is 3.30. The first-order chi connectivity index (χ1) is 13.7. The fourth-order valence-corrected chi connectivity index (χ4v) is 4.05. The molecule has 0 spiro atoms. The molecule has 0 atom stereocenters. The van der Waals surface area contributed by atoms with Crippen LogP contribution in [0.5, 0.6) is 0 Å². The maximum absolute atomic E-state index is 4.96. The van der Waals surface area contributed by atoms with Crippen molar-refractivity contribution in [3.63, 3.8) is 0 Å². The summed E-state index contributed by atoms with van der Waals surface area (Å²) in [6, 6.07) is 0. The van der Waals surface area contributed by atoms with Gasteiger partial charge in [0, 0.05) is 46.8 Å². The van der Waals surface area contributed by atoms with Crippen LogP contribution in [0.3, 0.4) is 0 Å². The van der Waals surface area contributed by atoms with Gasteiger partial charge in [0.15, 0.2) is 11.6 Å². The average molecular weight is 385 g/mol. The molecule has 2 aromatic heterocycles. The van der Waals surface area contributed by atoms with Crippen molar-refractivity contribution in [2.75, 3.05) is 66.8 Å². The number of hydrogen-bond acceptors (Lipinski definition) is 8. The van der Waals surface area contributed by atoms with Gasteiger partial charge < -0.3 is 20.0 Å². The molecule has 0 unspecified atom stereocenters. The third-order valence-electron chi connectivity index (χ3n) is 5.85. The van der Waals surface area contributed by atoms with E-state index in [9.17, 15) is 0 Å². The summed E-state index contributed by atoms with van der Waals surface area (Å²) in [6.07, 6.45) is 7.38. The fourth-order valence-electron chi connectivity index (χ4n) is 4.05. The topological polar surface area (TPSA) is 73.3 Å². The summed E-state index contributed by atoms with van der Waals surface area (Å²) < 4.78 is 0. The van der Waals surface area contributed by atoms with Crippen LogP contribution < -0.4 is 20.0 Å². The van der Waals surface area contributed by atoms with E-state index in [2.05, 4.69) is 26.9 Å². The SMILES string of the molecule is CCN(C)c1nc(N2CCCCC2)c2nc(NC)nc(N3CCCCC3)c2n1. The fraction of sp³-hybridized carbons (Fsp3) is 0.700. The predicted molar refractivity (Wildman–Crippen MR) is 116 cm³/mol. The Kier molecular flexibility index (Phi) is 5.64. The van der Waals surface area contributed by atoms with Gasteiger partial charge in [-0.25, -0.2) is 9.97 Å². The molecule has 0 aliphatic carbocycles. The van der Waals surface area contributed by atoms with Crippen LogP contribution in [0.1, 0.15) is 45.4 Å². The van der Waals surface area contributed by atoms with Crippen molar-refractivity contribution in [2.24, 2.45) is 0 Å². The summed E-state index contributed by atoms with van der Waals surface area (Å²) in [4.78, 5) is 26.4. The van der Waals surface area contributed by atoms with Gasteiger partial charge in [0.25, 0.3) is 0 Å². The third kappa shape index (κ3) is 3.64. The molecule has 4 rings (SSSR count). The van der Waals surface area contributed by atoms with Gasteiger partial charge >= 0.3 is 0 Å². The number of piperidine rings is 2.